The number of hydrogen-bond acceptors (Lipinski definition) is 2. The molecule has 2 saturated heterocycles. The van der Waals surface area contributed by atoms with E-state index in [0.717, 1.165) is 6.04 Å². The molecule has 2 rings (SSSR count). The highest BCUT2D eigenvalue weighted by atomic mass is 32.1. The van der Waals surface area contributed by atoms with Gasteiger partial charge in [-0.2, -0.15) is 0 Å². The monoisotopic (exact) mass is 157 g/mol. The van der Waals surface area contributed by atoms with Crippen molar-refractivity contribution in [2.45, 2.75) is 50.6 Å². The summed E-state index contributed by atoms with van der Waals surface area (Å²) >= 11 is 4.54. The first kappa shape index (κ1) is 6.99. The molecule has 0 spiro atoms. The lowest BCUT2D eigenvalue weighted by molar-refractivity contribution is 0.279. The van der Waals surface area contributed by atoms with E-state index in [4.69, 9.17) is 0 Å². The highest BCUT2D eigenvalue weighted by molar-refractivity contribution is 7.77. The van der Waals surface area contributed by atoms with Gasteiger partial charge in [-0.3, -0.25) is 0 Å². The molecule has 0 amide bonds. The van der Waals surface area contributed by atoms with Gasteiger partial charge >= 0.3 is 0 Å². The third-order valence-electron chi connectivity index (χ3n) is 3.38. The van der Waals surface area contributed by atoms with Gasteiger partial charge in [-0.15, -0.1) is 0 Å². The van der Waals surface area contributed by atoms with Crippen molar-refractivity contribution < 1.29 is 0 Å². The molecular formula is C8H15NS. The van der Waals surface area contributed by atoms with Crippen LogP contribution in [0.2, 0.25) is 0 Å². The Bertz CT molecular complexity index is 138. The van der Waals surface area contributed by atoms with Crippen LogP contribution in [-0.4, -0.2) is 15.9 Å². The molecule has 1 nitrogen and oxygen atoms in total. The Hall–Kier alpha value is 0.310. The van der Waals surface area contributed by atoms with Gasteiger partial charge in [-0.1, -0.05) is 19.7 Å². The average molecular weight is 157 g/mol. The van der Waals surface area contributed by atoms with Gasteiger partial charge in [0.05, 0.1) is 0 Å². The molecule has 2 aliphatic heterocycles. The first-order chi connectivity index (χ1) is 4.78. The minimum atomic E-state index is 0.508. The quantitative estimate of drug-likeness (QED) is 0.571. The molecule has 0 aromatic rings. The second-order valence-electron chi connectivity index (χ2n) is 3.65. The summed E-state index contributed by atoms with van der Waals surface area (Å²) in [5, 5.41) is 0. The zero-order chi connectivity index (χ0) is 7.19. The van der Waals surface area contributed by atoms with Gasteiger partial charge in [0.2, 0.25) is 0 Å². The van der Waals surface area contributed by atoms with Gasteiger partial charge in [-0.25, -0.2) is 4.31 Å². The van der Waals surface area contributed by atoms with E-state index >= 15 is 0 Å². The Morgan fingerprint density at radius 3 is 2.30 bits per heavy atom. The van der Waals surface area contributed by atoms with E-state index in [1.165, 1.54) is 32.1 Å². The van der Waals surface area contributed by atoms with Crippen LogP contribution in [-0.2, 0) is 0 Å². The van der Waals surface area contributed by atoms with Crippen LogP contribution in [0.15, 0.2) is 0 Å². The third-order valence-corrected chi connectivity index (χ3v) is 4.13. The van der Waals surface area contributed by atoms with Crippen molar-refractivity contribution in [3.63, 3.8) is 0 Å². The molecule has 0 atom stereocenters. The van der Waals surface area contributed by atoms with E-state index in [1.807, 2.05) is 0 Å². The predicted molar refractivity (Wildman–Crippen MR) is 46.1 cm³/mol. The molecule has 0 unspecified atom stereocenters. The molecule has 10 heavy (non-hydrogen) atoms. The van der Waals surface area contributed by atoms with Gasteiger partial charge in [0.15, 0.2) is 0 Å². The Labute approximate surface area is 68.3 Å². The second kappa shape index (κ2) is 2.15. The van der Waals surface area contributed by atoms with Crippen LogP contribution < -0.4 is 0 Å². The molecule has 0 N–H and O–H groups in total. The van der Waals surface area contributed by atoms with Crippen molar-refractivity contribution in [3.05, 3.63) is 0 Å². The maximum Gasteiger partial charge on any atom is 0.0312 e. The second-order valence-corrected chi connectivity index (χ2v) is 4.08. The maximum absolute atomic E-state index is 4.54. The molecule has 0 radical (unpaired) electrons. The fourth-order valence-electron chi connectivity index (χ4n) is 2.52. The number of fused-ring (bicyclic) bond motifs is 2. The van der Waals surface area contributed by atoms with Crippen molar-refractivity contribution in [2.75, 3.05) is 0 Å². The lowest BCUT2D eigenvalue weighted by atomic mass is 9.86. The van der Waals surface area contributed by atoms with E-state index in [9.17, 15) is 0 Å². The molecule has 0 aliphatic carbocycles. The lowest BCUT2D eigenvalue weighted by Gasteiger charge is -2.29. The largest absolute Gasteiger partial charge is 0.244 e. The van der Waals surface area contributed by atoms with Crippen LogP contribution in [0.1, 0.15) is 39.0 Å². The van der Waals surface area contributed by atoms with Crippen LogP contribution in [0.5, 0.6) is 0 Å². The maximum atomic E-state index is 4.54. The van der Waals surface area contributed by atoms with Crippen LogP contribution >= 0.6 is 12.8 Å². The summed E-state index contributed by atoms with van der Waals surface area (Å²) in [5.41, 5.74) is 0.508. The predicted octanol–water partition coefficient (Wildman–Crippen LogP) is 2.24. The van der Waals surface area contributed by atoms with Crippen LogP contribution in [0.3, 0.4) is 0 Å². The van der Waals surface area contributed by atoms with E-state index in [2.05, 4.69) is 24.0 Å². The smallest absolute Gasteiger partial charge is 0.0312 e. The Balaban J connectivity index is 2.22. The first-order valence-corrected chi connectivity index (χ1v) is 4.67. The summed E-state index contributed by atoms with van der Waals surface area (Å²) in [5.74, 6) is 0. The topological polar surface area (TPSA) is 3.24 Å². The molecular weight excluding hydrogens is 142 g/mol. The highest BCUT2D eigenvalue weighted by Crippen LogP contribution is 2.49. The van der Waals surface area contributed by atoms with Gasteiger partial charge in [0.1, 0.15) is 0 Å². The number of rotatable bonds is 1. The summed E-state index contributed by atoms with van der Waals surface area (Å²) in [6, 6.07) is 0.809. The van der Waals surface area contributed by atoms with Gasteiger partial charge in [0.25, 0.3) is 0 Å². The SMILES string of the molecule is CCC12CCC(CC1)N2S. The zero-order valence-electron chi connectivity index (χ0n) is 6.51. The lowest BCUT2D eigenvalue weighted by Crippen LogP contribution is -2.33. The molecule has 2 aliphatic rings. The van der Waals surface area contributed by atoms with E-state index in [-0.39, 0.29) is 0 Å². The summed E-state index contributed by atoms with van der Waals surface area (Å²) < 4.78 is 2.33. The Kier molecular flexibility index (Phi) is 1.50. The molecule has 2 heterocycles. The molecule has 2 bridgehead atoms. The molecule has 0 aromatic heterocycles. The van der Waals surface area contributed by atoms with Crippen molar-refractivity contribution in [1.82, 2.24) is 4.31 Å². The minimum Gasteiger partial charge on any atom is -0.244 e. The van der Waals surface area contributed by atoms with Crippen molar-refractivity contribution >= 4 is 12.8 Å². The molecule has 0 aromatic carbocycles. The van der Waals surface area contributed by atoms with Crippen LogP contribution in [0, 0.1) is 0 Å². The summed E-state index contributed by atoms with van der Waals surface area (Å²) in [6.07, 6.45) is 6.83. The van der Waals surface area contributed by atoms with E-state index in [1.54, 1.807) is 0 Å². The standard InChI is InChI=1S/C8H15NS/c1-2-8-5-3-7(4-6-8)9(8)10/h7,10H,2-6H2,1H3. The van der Waals surface area contributed by atoms with E-state index < -0.39 is 0 Å². The summed E-state index contributed by atoms with van der Waals surface area (Å²) in [4.78, 5) is 0. The summed E-state index contributed by atoms with van der Waals surface area (Å²) in [6.45, 7) is 2.29. The van der Waals surface area contributed by atoms with Crippen molar-refractivity contribution in [3.8, 4) is 0 Å². The molecule has 58 valence electrons. The molecule has 2 fully saturated rings. The normalized spacial score (nSPS) is 46.8. The summed E-state index contributed by atoms with van der Waals surface area (Å²) in [7, 11) is 0. The number of thiol groups is 1. The fraction of sp³-hybridized carbons (Fsp3) is 1.00. The fourth-order valence-corrected chi connectivity index (χ4v) is 3.09. The van der Waals surface area contributed by atoms with Crippen molar-refractivity contribution in [1.29, 1.82) is 0 Å². The Morgan fingerprint density at radius 2 is 2.10 bits per heavy atom. The number of nitrogens with zero attached hydrogens (tertiary/aromatic N) is 1. The minimum absolute atomic E-state index is 0.508. The first-order valence-electron chi connectivity index (χ1n) is 4.27. The van der Waals surface area contributed by atoms with E-state index in [0.29, 0.717) is 5.54 Å². The van der Waals surface area contributed by atoms with Crippen LogP contribution in [0.4, 0.5) is 0 Å². The average Bonchev–Trinajstić information content (AvgIpc) is 2.46. The molecule has 2 heteroatoms. The highest BCUT2D eigenvalue weighted by Gasteiger charge is 2.48. The molecule has 0 saturated carbocycles. The Morgan fingerprint density at radius 1 is 1.50 bits per heavy atom. The van der Waals surface area contributed by atoms with Crippen molar-refractivity contribution in [2.24, 2.45) is 0 Å². The van der Waals surface area contributed by atoms with Gasteiger partial charge in [0, 0.05) is 11.6 Å². The van der Waals surface area contributed by atoms with Gasteiger partial charge in [-0.05, 0) is 32.1 Å². The third kappa shape index (κ3) is 0.693. The van der Waals surface area contributed by atoms with Crippen LogP contribution in [0.25, 0.3) is 0 Å². The zero-order valence-corrected chi connectivity index (χ0v) is 7.40. The van der Waals surface area contributed by atoms with Gasteiger partial charge < -0.3 is 0 Å². The number of hydrogen-bond donors (Lipinski definition) is 1.